The molecule has 9 heteroatoms. The summed E-state index contributed by atoms with van der Waals surface area (Å²) in [4.78, 5) is 36.1. The van der Waals surface area contributed by atoms with Gasteiger partial charge in [-0.3, -0.25) is 14.4 Å². The quantitative estimate of drug-likeness (QED) is 0.549. The van der Waals surface area contributed by atoms with Crippen LogP contribution in [0, 0.1) is 17.3 Å². The van der Waals surface area contributed by atoms with Gasteiger partial charge in [-0.15, -0.1) is 0 Å². The Bertz CT molecular complexity index is 557. The Morgan fingerprint density at radius 2 is 1.88 bits per heavy atom. The highest BCUT2D eigenvalue weighted by atomic mass is 19.4. The van der Waals surface area contributed by atoms with Crippen molar-refractivity contribution >= 4 is 17.9 Å². The largest absolute Gasteiger partial charge is 0.458 e. The van der Waals surface area contributed by atoms with Crippen LogP contribution in [0.1, 0.15) is 40.0 Å². The fraction of sp³-hybridized carbons (Fsp3) is 0.812. The van der Waals surface area contributed by atoms with Crippen molar-refractivity contribution in [1.82, 2.24) is 0 Å². The predicted octanol–water partition coefficient (Wildman–Crippen LogP) is 2.39. The van der Waals surface area contributed by atoms with E-state index in [4.69, 9.17) is 9.47 Å². The summed E-state index contributed by atoms with van der Waals surface area (Å²) < 4.78 is 51.5. The number of fused-ring (bicyclic) bond motifs is 2. The van der Waals surface area contributed by atoms with E-state index in [1.807, 2.05) is 6.92 Å². The first-order chi connectivity index (χ1) is 11.4. The van der Waals surface area contributed by atoms with E-state index >= 15 is 0 Å². The van der Waals surface area contributed by atoms with Gasteiger partial charge in [0.15, 0.2) is 6.61 Å². The Hall–Kier alpha value is -1.80. The van der Waals surface area contributed by atoms with Crippen LogP contribution < -0.4 is 0 Å². The van der Waals surface area contributed by atoms with Gasteiger partial charge < -0.3 is 14.2 Å². The third-order valence-corrected chi connectivity index (χ3v) is 4.82. The second-order valence-corrected chi connectivity index (χ2v) is 7.06. The van der Waals surface area contributed by atoms with Gasteiger partial charge in [0.2, 0.25) is 0 Å². The summed E-state index contributed by atoms with van der Waals surface area (Å²) in [6.07, 6.45) is -5.66. The van der Waals surface area contributed by atoms with Crippen LogP contribution in [-0.2, 0) is 28.6 Å². The molecular formula is C16H21F3O6. The van der Waals surface area contributed by atoms with Gasteiger partial charge in [0.05, 0.1) is 17.3 Å². The second kappa shape index (κ2) is 6.84. The molecule has 1 aliphatic heterocycles. The minimum Gasteiger partial charge on any atom is -0.458 e. The van der Waals surface area contributed by atoms with Gasteiger partial charge in [0, 0.05) is 12.8 Å². The van der Waals surface area contributed by atoms with E-state index in [1.165, 1.54) is 0 Å². The van der Waals surface area contributed by atoms with Crippen LogP contribution in [0.2, 0.25) is 0 Å². The smallest absolute Gasteiger partial charge is 0.422 e. The third-order valence-electron chi connectivity index (χ3n) is 4.82. The number of carbonyl (C=O) groups excluding carboxylic acids is 3. The van der Waals surface area contributed by atoms with Gasteiger partial charge in [0.25, 0.3) is 0 Å². The molecule has 0 N–H and O–H groups in total. The monoisotopic (exact) mass is 366 g/mol. The molecule has 2 rings (SSSR count). The van der Waals surface area contributed by atoms with E-state index < -0.39 is 60.1 Å². The Morgan fingerprint density at radius 3 is 2.44 bits per heavy atom. The van der Waals surface area contributed by atoms with Crippen molar-refractivity contribution < 1.29 is 41.8 Å². The fourth-order valence-electron chi connectivity index (χ4n) is 2.84. The topological polar surface area (TPSA) is 78.9 Å². The molecule has 2 aliphatic rings. The molecule has 4 unspecified atom stereocenters. The van der Waals surface area contributed by atoms with Crippen LogP contribution in [0.15, 0.2) is 0 Å². The van der Waals surface area contributed by atoms with E-state index in [1.54, 1.807) is 13.8 Å². The zero-order chi connectivity index (χ0) is 19.0. The molecule has 25 heavy (non-hydrogen) atoms. The van der Waals surface area contributed by atoms with Crippen molar-refractivity contribution in [2.75, 3.05) is 6.61 Å². The SMILES string of the molecule is CCC(C)(C)C(=O)OC1CC(C(=O)OCC(F)(F)F)C2CC1OC2=O. The third kappa shape index (κ3) is 4.43. The summed E-state index contributed by atoms with van der Waals surface area (Å²) in [6, 6.07) is 0. The Labute approximate surface area is 143 Å². The summed E-state index contributed by atoms with van der Waals surface area (Å²) in [5, 5.41) is 0. The van der Waals surface area contributed by atoms with Crippen molar-refractivity contribution in [3.63, 3.8) is 0 Å². The molecular weight excluding hydrogens is 345 g/mol. The highest BCUT2D eigenvalue weighted by molar-refractivity contribution is 5.84. The molecule has 4 atom stereocenters. The molecule has 0 radical (unpaired) electrons. The minimum atomic E-state index is -4.65. The summed E-state index contributed by atoms with van der Waals surface area (Å²) in [5.74, 6) is -4.29. The van der Waals surface area contributed by atoms with Gasteiger partial charge in [-0.25, -0.2) is 0 Å². The highest BCUT2D eigenvalue weighted by Gasteiger charge is 2.54. The van der Waals surface area contributed by atoms with Gasteiger partial charge in [-0.2, -0.15) is 13.2 Å². The maximum absolute atomic E-state index is 12.2. The molecule has 2 bridgehead atoms. The van der Waals surface area contributed by atoms with Crippen LogP contribution in [0.3, 0.4) is 0 Å². The summed E-state index contributed by atoms with van der Waals surface area (Å²) >= 11 is 0. The first kappa shape index (κ1) is 19.5. The number of carbonyl (C=O) groups is 3. The van der Waals surface area contributed by atoms with Crippen LogP contribution in [0.5, 0.6) is 0 Å². The minimum absolute atomic E-state index is 0.0940. The first-order valence-electron chi connectivity index (χ1n) is 8.09. The van der Waals surface area contributed by atoms with Crippen LogP contribution in [0.25, 0.3) is 0 Å². The molecule has 1 heterocycles. The van der Waals surface area contributed by atoms with E-state index in [9.17, 15) is 27.6 Å². The number of esters is 3. The number of rotatable bonds is 5. The lowest BCUT2D eigenvalue weighted by molar-refractivity contribution is -0.192. The first-order valence-corrected chi connectivity index (χ1v) is 8.09. The van der Waals surface area contributed by atoms with E-state index in [0.29, 0.717) is 6.42 Å². The molecule has 6 nitrogen and oxygen atoms in total. The predicted molar refractivity (Wildman–Crippen MR) is 77.1 cm³/mol. The molecule has 2 fully saturated rings. The lowest BCUT2D eigenvalue weighted by Crippen LogP contribution is -2.43. The highest BCUT2D eigenvalue weighted by Crippen LogP contribution is 2.41. The fourth-order valence-corrected chi connectivity index (χ4v) is 2.84. The lowest BCUT2D eigenvalue weighted by atomic mass is 9.78. The molecule has 1 saturated carbocycles. The maximum Gasteiger partial charge on any atom is 0.422 e. The van der Waals surface area contributed by atoms with Crippen LogP contribution in [-0.4, -0.2) is 42.9 Å². The summed E-state index contributed by atoms with van der Waals surface area (Å²) in [7, 11) is 0. The van der Waals surface area contributed by atoms with E-state index in [0.717, 1.165) is 0 Å². The molecule has 0 amide bonds. The van der Waals surface area contributed by atoms with Crippen LogP contribution in [0.4, 0.5) is 13.2 Å². The van der Waals surface area contributed by atoms with Gasteiger partial charge in [0.1, 0.15) is 12.2 Å². The maximum atomic E-state index is 12.2. The van der Waals surface area contributed by atoms with Crippen molar-refractivity contribution in [3.05, 3.63) is 0 Å². The second-order valence-electron chi connectivity index (χ2n) is 7.06. The molecule has 0 aromatic carbocycles. The molecule has 0 aromatic heterocycles. The zero-order valence-corrected chi connectivity index (χ0v) is 14.2. The van der Waals surface area contributed by atoms with Crippen LogP contribution >= 0.6 is 0 Å². The number of hydrogen-bond acceptors (Lipinski definition) is 6. The zero-order valence-electron chi connectivity index (χ0n) is 14.2. The number of hydrogen-bond donors (Lipinski definition) is 0. The summed E-state index contributed by atoms with van der Waals surface area (Å²) in [6.45, 7) is 3.47. The van der Waals surface area contributed by atoms with Gasteiger partial charge in [-0.05, 0) is 20.3 Å². The summed E-state index contributed by atoms with van der Waals surface area (Å²) in [5.41, 5.74) is -0.758. The van der Waals surface area contributed by atoms with Gasteiger partial charge >= 0.3 is 24.1 Å². The normalized spacial score (nSPS) is 29.1. The molecule has 0 aromatic rings. The van der Waals surface area contributed by atoms with Crippen molar-refractivity contribution in [3.8, 4) is 0 Å². The van der Waals surface area contributed by atoms with E-state index in [-0.39, 0.29) is 12.8 Å². The standard InChI is InChI=1S/C16H21F3O6/c1-4-15(2,3)14(22)25-11-5-8(9-6-10(11)24-13(9)21)12(20)23-7-16(17,18)19/h8-11H,4-7H2,1-3H3. The number of ether oxygens (including phenoxy) is 3. The van der Waals surface area contributed by atoms with E-state index in [2.05, 4.69) is 4.74 Å². The molecule has 142 valence electrons. The number of halogens is 3. The molecule has 1 saturated heterocycles. The Morgan fingerprint density at radius 1 is 1.24 bits per heavy atom. The van der Waals surface area contributed by atoms with Crippen molar-refractivity contribution in [2.45, 2.75) is 58.4 Å². The molecule has 0 spiro atoms. The lowest BCUT2D eigenvalue weighted by Gasteiger charge is -2.32. The van der Waals surface area contributed by atoms with Gasteiger partial charge in [-0.1, -0.05) is 6.92 Å². The van der Waals surface area contributed by atoms with Crippen molar-refractivity contribution in [2.24, 2.45) is 17.3 Å². The molecule has 1 aliphatic carbocycles. The number of alkyl halides is 3. The average Bonchev–Trinajstić information content (AvgIpc) is 2.84. The van der Waals surface area contributed by atoms with Crippen molar-refractivity contribution in [1.29, 1.82) is 0 Å². The average molecular weight is 366 g/mol. The Kier molecular flexibility index (Phi) is 5.34. The Balaban J connectivity index is 2.08.